The highest BCUT2D eigenvalue weighted by Gasteiger charge is 2.19. The molecule has 0 bridgehead atoms. The van der Waals surface area contributed by atoms with Crippen LogP contribution in [0.5, 0.6) is 0 Å². The first-order valence-corrected chi connectivity index (χ1v) is 8.65. The minimum Gasteiger partial charge on any atom is -0.359 e. The van der Waals surface area contributed by atoms with Crippen LogP contribution >= 0.6 is 0 Å². The van der Waals surface area contributed by atoms with Gasteiger partial charge in [-0.1, -0.05) is 30.3 Å². The Morgan fingerprint density at radius 1 is 1.08 bits per heavy atom. The van der Waals surface area contributed by atoms with Crippen molar-refractivity contribution in [3.63, 3.8) is 0 Å². The molecule has 6 nitrogen and oxygen atoms in total. The third kappa shape index (κ3) is 3.26. The molecule has 1 aliphatic heterocycles. The molecule has 2 amide bonds. The smallest absolute Gasteiger partial charge is 0.244 e. The van der Waals surface area contributed by atoms with Gasteiger partial charge >= 0.3 is 0 Å². The number of amides is 2. The van der Waals surface area contributed by atoms with Crippen LogP contribution in [0.3, 0.4) is 0 Å². The fourth-order valence-electron chi connectivity index (χ4n) is 3.32. The topological polar surface area (TPSA) is 66.4 Å². The van der Waals surface area contributed by atoms with Crippen LogP contribution in [0.4, 0.5) is 11.4 Å². The first kappa shape index (κ1) is 16.2. The molecule has 3 aromatic rings. The zero-order valence-corrected chi connectivity index (χ0v) is 14.3. The fourth-order valence-corrected chi connectivity index (χ4v) is 3.32. The molecule has 4 rings (SSSR count). The molecule has 1 fully saturated rings. The van der Waals surface area contributed by atoms with Gasteiger partial charge in [0.05, 0.1) is 17.9 Å². The van der Waals surface area contributed by atoms with E-state index in [1.165, 1.54) is 0 Å². The van der Waals surface area contributed by atoms with Gasteiger partial charge in [-0.05, 0) is 29.7 Å². The number of hydrogen-bond acceptors (Lipinski definition) is 3. The summed E-state index contributed by atoms with van der Waals surface area (Å²) < 4.78 is 1.93. The molecule has 6 heteroatoms. The van der Waals surface area contributed by atoms with Crippen molar-refractivity contribution in [2.45, 2.75) is 6.54 Å². The van der Waals surface area contributed by atoms with E-state index in [1.807, 2.05) is 70.3 Å². The average Bonchev–Trinajstić information content (AvgIpc) is 3.05. The van der Waals surface area contributed by atoms with Crippen molar-refractivity contribution in [3.8, 4) is 0 Å². The number of benzene rings is 2. The summed E-state index contributed by atoms with van der Waals surface area (Å²) in [5, 5.41) is 6.92. The molecule has 0 atom stereocenters. The van der Waals surface area contributed by atoms with Gasteiger partial charge in [-0.2, -0.15) is 0 Å². The van der Waals surface area contributed by atoms with Gasteiger partial charge in [0.1, 0.15) is 6.54 Å². The number of anilines is 2. The van der Waals surface area contributed by atoms with Crippen molar-refractivity contribution in [2.75, 3.05) is 29.9 Å². The Bertz CT molecular complexity index is 963. The Morgan fingerprint density at radius 2 is 1.88 bits per heavy atom. The molecule has 2 heterocycles. The predicted molar refractivity (Wildman–Crippen MR) is 102 cm³/mol. The van der Waals surface area contributed by atoms with Crippen LogP contribution in [0.15, 0.2) is 60.8 Å². The number of aromatic nitrogens is 1. The fraction of sp³-hybridized carbons (Fsp3) is 0.200. The van der Waals surface area contributed by atoms with Gasteiger partial charge in [0.25, 0.3) is 0 Å². The molecule has 1 saturated heterocycles. The number of carbonyl (C=O) groups excluding carboxylic acids is 2. The molecule has 26 heavy (non-hydrogen) atoms. The number of fused-ring (bicyclic) bond motifs is 1. The second kappa shape index (κ2) is 6.92. The van der Waals surface area contributed by atoms with Gasteiger partial charge in [-0.15, -0.1) is 0 Å². The minimum absolute atomic E-state index is 0.00353. The van der Waals surface area contributed by atoms with Crippen LogP contribution in [-0.4, -0.2) is 36.0 Å². The molecule has 2 aromatic carbocycles. The van der Waals surface area contributed by atoms with Gasteiger partial charge in [0, 0.05) is 24.8 Å². The highest BCUT2D eigenvalue weighted by atomic mass is 16.2. The number of nitrogens with one attached hydrogen (secondary N) is 2. The monoisotopic (exact) mass is 348 g/mol. The Labute approximate surface area is 151 Å². The molecular weight excluding hydrogens is 328 g/mol. The van der Waals surface area contributed by atoms with Crippen LogP contribution in [0, 0.1) is 0 Å². The Morgan fingerprint density at radius 3 is 2.77 bits per heavy atom. The first-order chi connectivity index (χ1) is 12.7. The number of para-hydroxylation sites is 3. The Kier molecular flexibility index (Phi) is 4.31. The molecule has 0 radical (unpaired) electrons. The molecule has 0 unspecified atom stereocenters. The van der Waals surface area contributed by atoms with Crippen molar-refractivity contribution in [3.05, 3.63) is 60.8 Å². The summed E-state index contributed by atoms with van der Waals surface area (Å²) in [5.74, 6) is -0.101. The second-order valence-electron chi connectivity index (χ2n) is 6.34. The molecule has 1 aliphatic rings. The van der Waals surface area contributed by atoms with E-state index < -0.39 is 0 Å². The van der Waals surface area contributed by atoms with E-state index >= 15 is 0 Å². The summed E-state index contributed by atoms with van der Waals surface area (Å²) in [5.41, 5.74) is 2.63. The summed E-state index contributed by atoms with van der Waals surface area (Å²) in [6, 6.07) is 17.6. The van der Waals surface area contributed by atoms with Crippen LogP contribution < -0.4 is 15.5 Å². The van der Waals surface area contributed by atoms with Crippen LogP contribution in [0.2, 0.25) is 0 Å². The Hall–Kier alpha value is -3.28. The maximum Gasteiger partial charge on any atom is 0.244 e. The van der Waals surface area contributed by atoms with Crippen molar-refractivity contribution >= 4 is 34.1 Å². The summed E-state index contributed by atoms with van der Waals surface area (Å²) in [6.45, 7) is 1.87. The lowest BCUT2D eigenvalue weighted by molar-refractivity contribution is -0.120. The SMILES string of the molecule is O=C1CN(c2ccccc2NC(=O)Cn2ccc3ccccc32)CCN1. The van der Waals surface area contributed by atoms with Crippen LogP contribution in [0.1, 0.15) is 0 Å². The van der Waals surface area contributed by atoms with E-state index in [2.05, 4.69) is 10.6 Å². The summed E-state index contributed by atoms with van der Waals surface area (Å²) >= 11 is 0. The minimum atomic E-state index is -0.0970. The number of carbonyl (C=O) groups is 2. The normalized spacial score (nSPS) is 14.3. The molecule has 0 aliphatic carbocycles. The van der Waals surface area contributed by atoms with E-state index in [0.29, 0.717) is 13.1 Å². The van der Waals surface area contributed by atoms with E-state index in [1.54, 1.807) is 0 Å². The van der Waals surface area contributed by atoms with Crippen LogP contribution in [0.25, 0.3) is 10.9 Å². The molecule has 1 aromatic heterocycles. The molecule has 0 spiro atoms. The standard InChI is InChI=1S/C20H20N4O2/c25-19-13-24(12-10-21-19)18-8-4-2-6-16(18)22-20(26)14-23-11-9-15-5-1-3-7-17(15)23/h1-9,11H,10,12-14H2,(H,21,25)(H,22,26). The molecule has 132 valence electrons. The lowest BCUT2D eigenvalue weighted by Crippen LogP contribution is -2.47. The number of hydrogen-bond donors (Lipinski definition) is 2. The number of rotatable bonds is 4. The van der Waals surface area contributed by atoms with Gasteiger partial charge in [0.2, 0.25) is 11.8 Å². The highest BCUT2D eigenvalue weighted by molar-refractivity contribution is 5.96. The van der Waals surface area contributed by atoms with Gasteiger partial charge < -0.3 is 20.1 Å². The van der Waals surface area contributed by atoms with Crippen molar-refractivity contribution in [1.82, 2.24) is 9.88 Å². The van der Waals surface area contributed by atoms with E-state index in [-0.39, 0.29) is 18.4 Å². The number of piperazine rings is 1. The van der Waals surface area contributed by atoms with E-state index in [4.69, 9.17) is 0 Å². The summed E-state index contributed by atoms with van der Waals surface area (Å²) in [7, 11) is 0. The molecule has 0 saturated carbocycles. The summed E-state index contributed by atoms with van der Waals surface area (Å²) in [6.07, 6.45) is 1.92. The van der Waals surface area contributed by atoms with Gasteiger partial charge in [-0.3, -0.25) is 9.59 Å². The second-order valence-corrected chi connectivity index (χ2v) is 6.34. The molecule has 2 N–H and O–H groups in total. The lowest BCUT2D eigenvalue weighted by atomic mass is 10.2. The largest absolute Gasteiger partial charge is 0.359 e. The highest BCUT2D eigenvalue weighted by Crippen LogP contribution is 2.26. The first-order valence-electron chi connectivity index (χ1n) is 8.65. The van der Waals surface area contributed by atoms with E-state index in [9.17, 15) is 9.59 Å². The van der Waals surface area contributed by atoms with E-state index in [0.717, 1.165) is 28.8 Å². The Balaban J connectivity index is 1.52. The predicted octanol–water partition coefficient (Wildman–Crippen LogP) is 2.22. The number of nitrogens with zero attached hydrogens (tertiary/aromatic N) is 2. The zero-order valence-electron chi connectivity index (χ0n) is 14.3. The summed E-state index contributed by atoms with van der Waals surface area (Å²) in [4.78, 5) is 26.3. The van der Waals surface area contributed by atoms with Gasteiger partial charge in [0.15, 0.2) is 0 Å². The third-order valence-corrected chi connectivity index (χ3v) is 4.55. The molecular formula is C20H20N4O2. The van der Waals surface area contributed by atoms with Crippen molar-refractivity contribution in [2.24, 2.45) is 0 Å². The quantitative estimate of drug-likeness (QED) is 0.760. The average molecular weight is 348 g/mol. The lowest BCUT2D eigenvalue weighted by Gasteiger charge is -2.30. The van der Waals surface area contributed by atoms with Crippen molar-refractivity contribution < 1.29 is 9.59 Å². The maximum atomic E-state index is 12.6. The van der Waals surface area contributed by atoms with Crippen LogP contribution in [-0.2, 0) is 16.1 Å². The maximum absolute atomic E-state index is 12.6. The van der Waals surface area contributed by atoms with Gasteiger partial charge in [-0.25, -0.2) is 0 Å². The van der Waals surface area contributed by atoms with Crippen molar-refractivity contribution in [1.29, 1.82) is 0 Å². The zero-order chi connectivity index (χ0) is 17.9. The third-order valence-electron chi connectivity index (χ3n) is 4.55.